The highest BCUT2D eigenvalue weighted by Gasteiger charge is 2.31. The second-order valence-electron chi connectivity index (χ2n) is 6.20. The molecule has 1 saturated heterocycles. The number of carbonyl (C=O) groups is 1. The highest BCUT2D eigenvalue weighted by Crippen LogP contribution is 2.30. The van der Waals surface area contributed by atoms with Gasteiger partial charge < -0.3 is 5.32 Å². The molecule has 0 unspecified atom stereocenters. The van der Waals surface area contributed by atoms with Crippen LogP contribution in [0.1, 0.15) is 25.3 Å². The number of piperidine rings is 1. The van der Waals surface area contributed by atoms with Crippen molar-refractivity contribution in [2.75, 3.05) is 18.4 Å². The number of carbonyl (C=O) groups excluding carboxylic acids is 1. The van der Waals surface area contributed by atoms with Crippen LogP contribution in [-0.2, 0) is 21.2 Å². The predicted molar refractivity (Wildman–Crippen MR) is 98.0 cm³/mol. The molecule has 1 aliphatic heterocycles. The number of thiazole rings is 1. The molecular formula is C17H21N3O3S2. The average Bonchev–Trinajstić information content (AvgIpc) is 3.05. The van der Waals surface area contributed by atoms with E-state index >= 15 is 0 Å². The molecule has 1 amide bonds. The maximum atomic E-state index is 12.7. The van der Waals surface area contributed by atoms with Crippen LogP contribution in [0.3, 0.4) is 0 Å². The minimum absolute atomic E-state index is 0.178. The summed E-state index contributed by atoms with van der Waals surface area (Å²) in [5, 5.41) is 2.83. The highest BCUT2D eigenvalue weighted by atomic mass is 32.2. The van der Waals surface area contributed by atoms with E-state index in [-0.39, 0.29) is 10.1 Å². The maximum Gasteiger partial charge on any atom is 0.254 e. The SMILES string of the molecule is CC(=O)Nc1ncc(S(=O)(=O)N2CCC(Cc3ccccc3)CC2)s1. The van der Waals surface area contributed by atoms with Crippen molar-refractivity contribution in [3.63, 3.8) is 0 Å². The van der Waals surface area contributed by atoms with Crippen molar-refractivity contribution in [3.05, 3.63) is 42.1 Å². The van der Waals surface area contributed by atoms with E-state index in [1.54, 1.807) is 0 Å². The number of sulfonamides is 1. The van der Waals surface area contributed by atoms with Crippen LogP contribution in [0.25, 0.3) is 0 Å². The van der Waals surface area contributed by atoms with Gasteiger partial charge in [-0.3, -0.25) is 4.79 Å². The molecular weight excluding hydrogens is 358 g/mol. The summed E-state index contributed by atoms with van der Waals surface area (Å²) in [7, 11) is -3.54. The first kappa shape index (κ1) is 18.0. The van der Waals surface area contributed by atoms with Gasteiger partial charge in [-0.2, -0.15) is 4.31 Å². The molecule has 1 aliphatic rings. The van der Waals surface area contributed by atoms with Gasteiger partial charge in [0.1, 0.15) is 0 Å². The minimum Gasteiger partial charge on any atom is -0.302 e. The summed E-state index contributed by atoms with van der Waals surface area (Å²) in [4.78, 5) is 15.0. The summed E-state index contributed by atoms with van der Waals surface area (Å²) in [6.07, 6.45) is 4.01. The Balaban J connectivity index is 1.61. The predicted octanol–water partition coefficient (Wildman–Crippen LogP) is 2.74. The van der Waals surface area contributed by atoms with Gasteiger partial charge in [0, 0.05) is 20.0 Å². The zero-order chi connectivity index (χ0) is 17.9. The quantitative estimate of drug-likeness (QED) is 0.866. The third kappa shape index (κ3) is 4.45. The van der Waals surface area contributed by atoms with Crippen molar-refractivity contribution in [1.29, 1.82) is 0 Å². The number of benzene rings is 1. The number of rotatable bonds is 5. The Morgan fingerprint density at radius 1 is 1.28 bits per heavy atom. The third-order valence-corrected chi connectivity index (χ3v) is 7.55. The summed E-state index contributed by atoms with van der Waals surface area (Å²) in [5.41, 5.74) is 1.30. The molecule has 0 spiro atoms. The van der Waals surface area contributed by atoms with Crippen molar-refractivity contribution in [2.24, 2.45) is 5.92 Å². The molecule has 1 aromatic carbocycles. The van der Waals surface area contributed by atoms with Crippen LogP contribution in [-0.4, -0.2) is 36.7 Å². The van der Waals surface area contributed by atoms with Crippen LogP contribution in [0.15, 0.2) is 40.7 Å². The molecule has 1 fully saturated rings. The van der Waals surface area contributed by atoms with Crippen molar-refractivity contribution in [3.8, 4) is 0 Å². The Morgan fingerprint density at radius 3 is 2.60 bits per heavy atom. The smallest absolute Gasteiger partial charge is 0.254 e. The molecule has 0 saturated carbocycles. The lowest BCUT2D eigenvalue weighted by Crippen LogP contribution is -2.38. The van der Waals surface area contributed by atoms with Crippen molar-refractivity contribution >= 4 is 32.4 Å². The molecule has 0 bridgehead atoms. The number of nitrogens with one attached hydrogen (secondary N) is 1. The molecule has 3 rings (SSSR count). The van der Waals surface area contributed by atoms with Crippen LogP contribution < -0.4 is 5.32 Å². The van der Waals surface area contributed by atoms with E-state index in [4.69, 9.17) is 0 Å². The lowest BCUT2D eigenvalue weighted by Gasteiger charge is -2.30. The van der Waals surface area contributed by atoms with E-state index in [1.165, 1.54) is 23.0 Å². The fraction of sp³-hybridized carbons (Fsp3) is 0.412. The fourth-order valence-electron chi connectivity index (χ4n) is 3.02. The lowest BCUT2D eigenvalue weighted by molar-refractivity contribution is -0.114. The highest BCUT2D eigenvalue weighted by molar-refractivity contribution is 7.91. The van der Waals surface area contributed by atoms with Crippen molar-refractivity contribution in [1.82, 2.24) is 9.29 Å². The van der Waals surface area contributed by atoms with E-state index in [2.05, 4.69) is 22.4 Å². The van der Waals surface area contributed by atoms with Crippen LogP contribution in [0, 0.1) is 5.92 Å². The van der Waals surface area contributed by atoms with Gasteiger partial charge in [-0.15, -0.1) is 0 Å². The van der Waals surface area contributed by atoms with Crippen LogP contribution >= 0.6 is 11.3 Å². The Hall–Kier alpha value is -1.77. The monoisotopic (exact) mass is 379 g/mol. The van der Waals surface area contributed by atoms with Gasteiger partial charge in [0.25, 0.3) is 10.0 Å². The summed E-state index contributed by atoms with van der Waals surface area (Å²) in [6.45, 7) is 2.41. The molecule has 8 heteroatoms. The largest absolute Gasteiger partial charge is 0.302 e. The molecule has 134 valence electrons. The molecule has 1 N–H and O–H groups in total. The van der Waals surface area contributed by atoms with Crippen molar-refractivity contribution in [2.45, 2.75) is 30.4 Å². The average molecular weight is 380 g/mol. The second-order valence-corrected chi connectivity index (χ2v) is 9.40. The lowest BCUT2D eigenvalue weighted by atomic mass is 9.91. The Bertz CT molecular complexity index is 826. The number of aromatic nitrogens is 1. The Kier molecular flexibility index (Phi) is 5.51. The normalized spacial score (nSPS) is 16.7. The number of nitrogens with zero attached hydrogens (tertiary/aromatic N) is 2. The number of hydrogen-bond donors (Lipinski definition) is 1. The first-order chi connectivity index (χ1) is 11.9. The van der Waals surface area contributed by atoms with Gasteiger partial charge in [-0.05, 0) is 30.7 Å². The van der Waals surface area contributed by atoms with Gasteiger partial charge >= 0.3 is 0 Å². The van der Waals surface area contributed by atoms with Gasteiger partial charge in [-0.25, -0.2) is 13.4 Å². The number of anilines is 1. The number of amides is 1. The maximum absolute atomic E-state index is 12.7. The zero-order valence-electron chi connectivity index (χ0n) is 14.0. The zero-order valence-corrected chi connectivity index (χ0v) is 15.6. The van der Waals surface area contributed by atoms with Gasteiger partial charge in [0.2, 0.25) is 5.91 Å². The molecule has 0 radical (unpaired) electrons. The summed E-state index contributed by atoms with van der Waals surface area (Å²) < 4.78 is 27.2. The van der Waals surface area contributed by atoms with E-state index in [1.807, 2.05) is 18.2 Å². The van der Waals surface area contributed by atoms with Gasteiger partial charge in [0.15, 0.2) is 9.34 Å². The Labute approximate surface area is 151 Å². The van der Waals surface area contributed by atoms with E-state index in [9.17, 15) is 13.2 Å². The van der Waals surface area contributed by atoms with Gasteiger partial charge in [0.05, 0.1) is 6.20 Å². The van der Waals surface area contributed by atoms with E-state index in [0.29, 0.717) is 24.1 Å². The molecule has 1 aromatic heterocycles. The standard InChI is InChI=1S/C17H21N3O3S2/c1-13(21)19-17-18-12-16(24-17)25(22,23)20-9-7-15(8-10-20)11-14-5-3-2-4-6-14/h2-6,12,15H,7-11H2,1H3,(H,18,19,21). The van der Waals surface area contributed by atoms with Crippen LogP contribution in [0.4, 0.5) is 5.13 Å². The topological polar surface area (TPSA) is 79.4 Å². The molecule has 0 aliphatic carbocycles. The van der Waals surface area contributed by atoms with Gasteiger partial charge in [-0.1, -0.05) is 41.7 Å². The first-order valence-electron chi connectivity index (χ1n) is 8.22. The summed E-state index contributed by atoms with van der Waals surface area (Å²) in [5.74, 6) is 0.241. The molecule has 25 heavy (non-hydrogen) atoms. The third-order valence-electron chi connectivity index (χ3n) is 4.30. The van der Waals surface area contributed by atoms with Crippen LogP contribution in [0.5, 0.6) is 0 Å². The van der Waals surface area contributed by atoms with E-state index < -0.39 is 10.0 Å². The minimum atomic E-state index is -3.54. The molecule has 2 aromatic rings. The Morgan fingerprint density at radius 2 is 1.96 bits per heavy atom. The molecule has 0 atom stereocenters. The van der Waals surface area contributed by atoms with E-state index in [0.717, 1.165) is 30.6 Å². The summed E-state index contributed by atoms with van der Waals surface area (Å²) in [6, 6.07) is 10.3. The molecule has 2 heterocycles. The number of hydrogen-bond acceptors (Lipinski definition) is 5. The molecule has 6 nitrogen and oxygen atoms in total. The second kappa shape index (κ2) is 7.63. The van der Waals surface area contributed by atoms with Crippen LogP contribution in [0.2, 0.25) is 0 Å². The first-order valence-corrected chi connectivity index (χ1v) is 10.5. The fourth-order valence-corrected chi connectivity index (χ4v) is 5.72. The van der Waals surface area contributed by atoms with Crippen molar-refractivity contribution < 1.29 is 13.2 Å². The summed E-state index contributed by atoms with van der Waals surface area (Å²) >= 11 is 0.993.